The van der Waals surface area contributed by atoms with Gasteiger partial charge in [-0.3, -0.25) is 4.98 Å². The number of H-pyrrole nitrogens is 1. The number of hydrogen-bond donors (Lipinski definition) is 2. The maximum Gasteiger partial charge on any atom is 0.137 e. The van der Waals surface area contributed by atoms with E-state index in [9.17, 15) is 0 Å². The van der Waals surface area contributed by atoms with E-state index in [0.717, 1.165) is 17.1 Å². The van der Waals surface area contributed by atoms with Crippen molar-refractivity contribution in [3.8, 4) is 5.75 Å². The van der Waals surface area contributed by atoms with Gasteiger partial charge in [0.05, 0.1) is 19.3 Å². The second-order valence-corrected chi connectivity index (χ2v) is 3.35. The van der Waals surface area contributed by atoms with E-state index in [1.807, 2.05) is 13.1 Å². The zero-order valence-electron chi connectivity index (χ0n) is 9.27. The largest absolute Gasteiger partial charge is 0.495 e. The first kappa shape index (κ1) is 10.6. The second kappa shape index (κ2) is 4.76. The smallest absolute Gasteiger partial charge is 0.137 e. The van der Waals surface area contributed by atoms with Crippen LogP contribution < -0.4 is 10.1 Å². The van der Waals surface area contributed by atoms with Crippen molar-refractivity contribution in [1.29, 1.82) is 0 Å². The molecule has 0 aromatic carbocycles. The topological polar surface area (TPSA) is 62.8 Å². The SMILES string of the molecule is CNC(c1cncc(OC)c1)c1ncc[nH]1. The van der Waals surface area contributed by atoms with Crippen molar-refractivity contribution in [1.82, 2.24) is 20.3 Å². The lowest BCUT2D eigenvalue weighted by atomic mass is 10.1. The molecule has 16 heavy (non-hydrogen) atoms. The van der Waals surface area contributed by atoms with Crippen LogP contribution in [0.1, 0.15) is 17.4 Å². The lowest BCUT2D eigenvalue weighted by Crippen LogP contribution is -2.19. The van der Waals surface area contributed by atoms with E-state index in [0.29, 0.717) is 0 Å². The van der Waals surface area contributed by atoms with Gasteiger partial charge in [-0.25, -0.2) is 4.98 Å². The van der Waals surface area contributed by atoms with Crippen molar-refractivity contribution in [3.63, 3.8) is 0 Å². The van der Waals surface area contributed by atoms with Crippen molar-refractivity contribution >= 4 is 0 Å². The maximum atomic E-state index is 5.15. The highest BCUT2D eigenvalue weighted by atomic mass is 16.5. The van der Waals surface area contributed by atoms with Crippen LogP contribution in [-0.4, -0.2) is 29.1 Å². The molecule has 0 aliphatic rings. The van der Waals surface area contributed by atoms with Gasteiger partial charge in [0.1, 0.15) is 11.6 Å². The van der Waals surface area contributed by atoms with Gasteiger partial charge in [0.25, 0.3) is 0 Å². The highest BCUT2D eigenvalue weighted by Gasteiger charge is 2.14. The Kier molecular flexibility index (Phi) is 3.16. The molecule has 2 N–H and O–H groups in total. The lowest BCUT2D eigenvalue weighted by molar-refractivity contribution is 0.411. The molecule has 0 radical (unpaired) electrons. The van der Waals surface area contributed by atoms with Crippen LogP contribution in [0, 0.1) is 0 Å². The third kappa shape index (κ3) is 2.04. The summed E-state index contributed by atoms with van der Waals surface area (Å²) in [5, 5.41) is 3.18. The van der Waals surface area contributed by atoms with E-state index < -0.39 is 0 Å². The first-order valence-corrected chi connectivity index (χ1v) is 5.00. The summed E-state index contributed by atoms with van der Waals surface area (Å²) < 4.78 is 5.15. The highest BCUT2D eigenvalue weighted by Crippen LogP contribution is 2.21. The Labute approximate surface area is 93.9 Å². The number of aromatic nitrogens is 3. The summed E-state index contributed by atoms with van der Waals surface area (Å²) >= 11 is 0. The number of methoxy groups -OCH3 is 1. The van der Waals surface area contributed by atoms with E-state index in [1.54, 1.807) is 31.9 Å². The summed E-state index contributed by atoms with van der Waals surface area (Å²) in [5.41, 5.74) is 1.01. The van der Waals surface area contributed by atoms with Crippen molar-refractivity contribution in [3.05, 3.63) is 42.2 Å². The lowest BCUT2D eigenvalue weighted by Gasteiger charge is -2.14. The zero-order valence-corrected chi connectivity index (χ0v) is 9.27. The average Bonchev–Trinajstić information content (AvgIpc) is 2.84. The summed E-state index contributed by atoms with van der Waals surface area (Å²) in [4.78, 5) is 11.4. The number of nitrogens with one attached hydrogen (secondary N) is 2. The molecule has 0 spiro atoms. The molecule has 0 fully saturated rings. The molecule has 84 valence electrons. The minimum Gasteiger partial charge on any atom is -0.495 e. The van der Waals surface area contributed by atoms with Crippen LogP contribution in [-0.2, 0) is 0 Å². The van der Waals surface area contributed by atoms with Crippen LogP contribution in [0.5, 0.6) is 5.75 Å². The Morgan fingerprint density at radius 1 is 1.44 bits per heavy atom. The van der Waals surface area contributed by atoms with Crippen LogP contribution in [0.4, 0.5) is 0 Å². The predicted octanol–water partition coefficient (Wildman–Crippen LogP) is 1.12. The predicted molar refractivity (Wildman–Crippen MR) is 60.3 cm³/mol. The number of nitrogens with zero attached hydrogens (tertiary/aromatic N) is 2. The van der Waals surface area contributed by atoms with Gasteiger partial charge in [-0.2, -0.15) is 0 Å². The summed E-state index contributed by atoms with van der Waals surface area (Å²) in [6.45, 7) is 0. The summed E-state index contributed by atoms with van der Waals surface area (Å²) in [7, 11) is 3.51. The maximum absolute atomic E-state index is 5.15. The molecule has 5 nitrogen and oxygen atoms in total. The molecule has 0 bridgehead atoms. The molecule has 0 amide bonds. The Morgan fingerprint density at radius 2 is 2.31 bits per heavy atom. The van der Waals surface area contributed by atoms with E-state index >= 15 is 0 Å². The molecule has 2 aromatic heterocycles. The number of rotatable bonds is 4. The van der Waals surface area contributed by atoms with Gasteiger partial charge in [-0.15, -0.1) is 0 Å². The minimum absolute atomic E-state index is 0.00222. The van der Waals surface area contributed by atoms with Gasteiger partial charge in [0, 0.05) is 18.6 Å². The van der Waals surface area contributed by atoms with Gasteiger partial charge in [0.2, 0.25) is 0 Å². The fourth-order valence-electron chi connectivity index (χ4n) is 1.60. The van der Waals surface area contributed by atoms with Gasteiger partial charge >= 0.3 is 0 Å². The Bertz CT molecular complexity index is 441. The molecular weight excluding hydrogens is 204 g/mol. The molecule has 0 saturated heterocycles. The highest BCUT2D eigenvalue weighted by molar-refractivity contribution is 5.29. The first-order chi connectivity index (χ1) is 7.85. The third-order valence-corrected chi connectivity index (χ3v) is 2.38. The number of hydrogen-bond acceptors (Lipinski definition) is 4. The molecule has 1 unspecified atom stereocenters. The molecule has 2 aromatic rings. The molecule has 5 heteroatoms. The number of imidazole rings is 1. The fraction of sp³-hybridized carbons (Fsp3) is 0.273. The van der Waals surface area contributed by atoms with Crippen LogP contribution in [0.15, 0.2) is 30.9 Å². The normalized spacial score (nSPS) is 12.4. The van der Waals surface area contributed by atoms with Crippen LogP contribution in [0.2, 0.25) is 0 Å². The van der Waals surface area contributed by atoms with E-state index in [2.05, 4.69) is 20.3 Å². The zero-order chi connectivity index (χ0) is 11.4. The van der Waals surface area contributed by atoms with Crippen LogP contribution in [0.25, 0.3) is 0 Å². The monoisotopic (exact) mass is 218 g/mol. The van der Waals surface area contributed by atoms with Crippen molar-refractivity contribution in [2.24, 2.45) is 0 Å². The minimum atomic E-state index is -0.00222. The van der Waals surface area contributed by atoms with E-state index in [1.165, 1.54) is 0 Å². The average molecular weight is 218 g/mol. The van der Waals surface area contributed by atoms with Gasteiger partial charge in [0.15, 0.2) is 0 Å². The summed E-state index contributed by atoms with van der Waals surface area (Å²) in [6.07, 6.45) is 7.01. The van der Waals surface area contributed by atoms with Gasteiger partial charge in [-0.05, 0) is 18.7 Å². The summed E-state index contributed by atoms with van der Waals surface area (Å²) in [5.74, 6) is 1.60. The molecule has 1 atom stereocenters. The molecule has 0 aliphatic carbocycles. The number of pyridine rings is 1. The van der Waals surface area contributed by atoms with Crippen molar-refractivity contribution in [2.45, 2.75) is 6.04 Å². The summed E-state index contributed by atoms with van der Waals surface area (Å²) in [6, 6.07) is 1.94. The molecule has 0 aliphatic heterocycles. The van der Waals surface area contributed by atoms with Gasteiger partial charge in [-0.1, -0.05) is 0 Å². The molecule has 0 saturated carbocycles. The quantitative estimate of drug-likeness (QED) is 0.807. The number of aromatic amines is 1. The van der Waals surface area contributed by atoms with Crippen molar-refractivity contribution < 1.29 is 4.74 Å². The molecule has 2 rings (SSSR count). The van der Waals surface area contributed by atoms with Crippen LogP contribution >= 0.6 is 0 Å². The fourth-order valence-corrected chi connectivity index (χ4v) is 1.60. The van der Waals surface area contributed by atoms with E-state index in [-0.39, 0.29) is 6.04 Å². The van der Waals surface area contributed by atoms with Gasteiger partial charge < -0.3 is 15.0 Å². The third-order valence-electron chi connectivity index (χ3n) is 2.38. The second-order valence-electron chi connectivity index (χ2n) is 3.35. The van der Waals surface area contributed by atoms with Crippen molar-refractivity contribution in [2.75, 3.05) is 14.2 Å². The first-order valence-electron chi connectivity index (χ1n) is 5.00. The van der Waals surface area contributed by atoms with E-state index in [4.69, 9.17) is 4.74 Å². The Hall–Kier alpha value is -1.88. The number of ether oxygens (including phenoxy) is 1. The molecular formula is C11H14N4O. The Morgan fingerprint density at radius 3 is 2.94 bits per heavy atom. The Balaban J connectivity index is 2.33. The van der Waals surface area contributed by atoms with Crippen LogP contribution in [0.3, 0.4) is 0 Å². The standard InChI is InChI=1S/C11H14N4O/c1-12-10(11-14-3-4-15-11)8-5-9(16-2)7-13-6-8/h3-7,10,12H,1-2H3,(H,14,15). The molecule has 2 heterocycles.